The fourth-order valence-corrected chi connectivity index (χ4v) is 3.15. The van der Waals surface area contributed by atoms with Gasteiger partial charge < -0.3 is 15.4 Å². The number of nitrogens with one attached hydrogen (secondary N) is 2. The van der Waals surface area contributed by atoms with Crippen LogP contribution in [0.5, 0.6) is 0 Å². The van der Waals surface area contributed by atoms with Crippen molar-refractivity contribution in [2.75, 3.05) is 26.3 Å². The number of rotatable bonds is 3. The SMILES string of the molecule is Cl.O=C(NCC1CCCc2ccccc21)C1COCCN1. The van der Waals surface area contributed by atoms with Gasteiger partial charge in [-0.2, -0.15) is 0 Å². The maximum Gasteiger partial charge on any atom is 0.239 e. The predicted octanol–water partition coefficient (Wildman–Crippen LogP) is 1.63. The molecule has 0 bridgehead atoms. The van der Waals surface area contributed by atoms with Crippen molar-refractivity contribution in [3.05, 3.63) is 35.4 Å². The summed E-state index contributed by atoms with van der Waals surface area (Å²) in [5.74, 6) is 0.515. The van der Waals surface area contributed by atoms with Gasteiger partial charge in [0.15, 0.2) is 0 Å². The Morgan fingerprint density at radius 2 is 2.24 bits per heavy atom. The summed E-state index contributed by atoms with van der Waals surface area (Å²) >= 11 is 0. The molecular formula is C16H23ClN2O2. The van der Waals surface area contributed by atoms with Crippen molar-refractivity contribution >= 4 is 18.3 Å². The fraction of sp³-hybridized carbons (Fsp3) is 0.562. The lowest BCUT2D eigenvalue weighted by Crippen LogP contribution is -2.51. The first-order valence-electron chi connectivity index (χ1n) is 7.51. The van der Waals surface area contributed by atoms with Crippen molar-refractivity contribution in [2.24, 2.45) is 0 Å². The lowest BCUT2D eigenvalue weighted by Gasteiger charge is -2.27. The van der Waals surface area contributed by atoms with Crippen molar-refractivity contribution in [2.45, 2.75) is 31.2 Å². The zero-order valence-corrected chi connectivity index (χ0v) is 13.0. The fourth-order valence-electron chi connectivity index (χ4n) is 3.15. The number of morpholine rings is 1. The Balaban J connectivity index is 0.00000161. The van der Waals surface area contributed by atoms with E-state index in [1.54, 1.807) is 0 Å². The molecule has 1 aromatic carbocycles. The maximum absolute atomic E-state index is 12.1. The van der Waals surface area contributed by atoms with Crippen LogP contribution < -0.4 is 10.6 Å². The molecule has 21 heavy (non-hydrogen) atoms. The molecule has 1 aliphatic heterocycles. The number of ether oxygens (including phenoxy) is 1. The van der Waals surface area contributed by atoms with E-state index in [9.17, 15) is 4.79 Å². The van der Waals surface area contributed by atoms with Gasteiger partial charge in [0, 0.05) is 19.0 Å². The number of halogens is 1. The van der Waals surface area contributed by atoms with Gasteiger partial charge in [0.1, 0.15) is 6.04 Å². The normalized spacial score (nSPS) is 24.6. The van der Waals surface area contributed by atoms with E-state index in [0.717, 1.165) is 19.5 Å². The van der Waals surface area contributed by atoms with Crippen LogP contribution in [0, 0.1) is 0 Å². The second kappa shape index (κ2) is 7.78. The van der Waals surface area contributed by atoms with Crippen LogP contribution in [0.2, 0.25) is 0 Å². The molecule has 1 fully saturated rings. The van der Waals surface area contributed by atoms with E-state index in [4.69, 9.17) is 4.74 Å². The van der Waals surface area contributed by atoms with Gasteiger partial charge in [-0.3, -0.25) is 4.79 Å². The molecule has 0 saturated carbocycles. The minimum atomic E-state index is -0.192. The van der Waals surface area contributed by atoms with Crippen molar-refractivity contribution in [3.63, 3.8) is 0 Å². The lowest BCUT2D eigenvalue weighted by atomic mass is 9.83. The topological polar surface area (TPSA) is 50.4 Å². The molecule has 0 aromatic heterocycles. The molecule has 0 radical (unpaired) electrons. The largest absolute Gasteiger partial charge is 0.378 e. The van der Waals surface area contributed by atoms with Gasteiger partial charge in [-0.05, 0) is 30.4 Å². The summed E-state index contributed by atoms with van der Waals surface area (Å²) in [6.07, 6.45) is 3.53. The number of hydrogen-bond donors (Lipinski definition) is 2. The minimum absolute atomic E-state index is 0. The van der Waals surface area contributed by atoms with Gasteiger partial charge in [-0.25, -0.2) is 0 Å². The van der Waals surface area contributed by atoms with E-state index >= 15 is 0 Å². The first-order valence-corrected chi connectivity index (χ1v) is 7.51. The Morgan fingerprint density at radius 1 is 1.38 bits per heavy atom. The number of amides is 1. The molecule has 1 saturated heterocycles. The second-order valence-electron chi connectivity index (χ2n) is 5.61. The Morgan fingerprint density at radius 3 is 3.05 bits per heavy atom. The summed E-state index contributed by atoms with van der Waals surface area (Å²) < 4.78 is 5.33. The summed E-state index contributed by atoms with van der Waals surface area (Å²) in [4.78, 5) is 12.1. The third kappa shape index (κ3) is 3.96. The summed E-state index contributed by atoms with van der Waals surface area (Å²) in [5, 5.41) is 6.27. The Hall–Kier alpha value is -1.10. The van der Waals surface area contributed by atoms with Gasteiger partial charge in [0.2, 0.25) is 5.91 Å². The molecule has 3 rings (SSSR count). The van der Waals surface area contributed by atoms with E-state index in [0.29, 0.717) is 19.1 Å². The highest BCUT2D eigenvalue weighted by Crippen LogP contribution is 2.30. The number of aryl methyl sites for hydroxylation is 1. The Labute approximate surface area is 132 Å². The molecule has 5 heteroatoms. The molecule has 1 heterocycles. The molecule has 4 nitrogen and oxygen atoms in total. The van der Waals surface area contributed by atoms with Gasteiger partial charge >= 0.3 is 0 Å². The molecule has 2 N–H and O–H groups in total. The summed E-state index contributed by atoms with van der Waals surface area (Å²) in [6, 6.07) is 8.41. The molecule has 2 unspecified atom stereocenters. The highest BCUT2D eigenvalue weighted by molar-refractivity contribution is 5.85. The number of carbonyl (C=O) groups is 1. The Bertz CT molecular complexity index is 475. The van der Waals surface area contributed by atoms with Crippen LogP contribution in [-0.4, -0.2) is 38.3 Å². The number of hydrogen-bond acceptors (Lipinski definition) is 3. The van der Waals surface area contributed by atoms with E-state index in [1.807, 2.05) is 0 Å². The molecule has 116 valence electrons. The molecule has 0 spiro atoms. The number of benzene rings is 1. The highest BCUT2D eigenvalue weighted by Gasteiger charge is 2.24. The van der Waals surface area contributed by atoms with E-state index < -0.39 is 0 Å². The maximum atomic E-state index is 12.1. The third-order valence-electron chi connectivity index (χ3n) is 4.25. The van der Waals surface area contributed by atoms with Gasteiger partial charge in [-0.1, -0.05) is 24.3 Å². The van der Waals surface area contributed by atoms with E-state index in [1.165, 1.54) is 24.0 Å². The van der Waals surface area contributed by atoms with Gasteiger partial charge in [0.25, 0.3) is 0 Å². The third-order valence-corrected chi connectivity index (χ3v) is 4.25. The van der Waals surface area contributed by atoms with Crippen LogP contribution >= 0.6 is 12.4 Å². The van der Waals surface area contributed by atoms with Gasteiger partial charge in [-0.15, -0.1) is 12.4 Å². The van der Waals surface area contributed by atoms with E-state index in [-0.39, 0.29) is 24.4 Å². The predicted molar refractivity (Wildman–Crippen MR) is 85.0 cm³/mol. The zero-order valence-electron chi connectivity index (χ0n) is 12.1. The first-order chi connectivity index (χ1) is 9.84. The Kier molecular flexibility index (Phi) is 6.03. The van der Waals surface area contributed by atoms with Crippen molar-refractivity contribution < 1.29 is 9.53 Å². The average Bonchev–Trinajstić information content (AvgIpc) is 2.53. The standard InChI is InChI=1S/C16H22N2O2.ClH/c19-16(15-11-20-9-8-17-15)18-10-13-6-3-5-12-4-1-2-7-14(12)13;/h1-2,4,7,13,15,17H,3,5-6,8-11H2,(H,18,19);1H. The zero-order chi connectivity index (χ0) is 13.8. The molecule has 2 aliphatic rings. The van der Waals surface area contributed by atoms with Gasteiger partial charge in [0.05, 0.1) is 13.2 Å². The smallest absolute Gasteiger partial charge is 0.239 e. The number of fused-ring (bicyclic) bond motifs is 1. The minimum Gasteiger partial charge on any atom is -0.378 e. The quantitative estimate of drug-likeness (QED) is 0.892. The summed E-state index contributed by atoms with van der Waals surface area (Å²) in [6.45, 7) is 2.66. The molecule has 1 aliphatic carbocycles. The molecule has 1 amide bonds. The van der Waals surface area contributed by atoms with Crippen molar-refractivity contribution in [3.8, 4) is 0 Å². The van der Waals surface area contributed by atoms with Crippen molar-refractivity contribution in [1.82, 2.24) is 10.6 Å². The van der Waals surface area contributed by atoms with Crippen LogP contribution in [-0.2, 0) is 16.0 Å². The highest BCUT2D eigenvalue weighted by atomic mass is 35.5. The molecule has 1 aromatic rings. The van der Waals surface area contributed by atoms with Crippen LogP contribution in [0.15, 0.2) is 24.3 Å². The summed E-state index contributed by atoms with van der Waals surface area (Å²) in [7, 11) is 0. The monoisotopic (exact) mass is 310 g/mol. The summed E-state index contributed by atoms with van der Waals surface area (Å²) in [5.41, 5.74) is 2.85. The molecular weight excluding hydrogens is 288 g/mol. The lowest BCUT2D eigenvalue weighted by molar-refractivity contribution is -0.125. The second-order valence-corrected chi connectivity index (χ2v) is 5.61. The van der Waals surface area contributed by atoms with Crippen molar-refractivity contribution in [1.29, 1.82) is 0 Å². The van der Waals surface area contributed by atoms with Crippen LogP contribution in [0.25, 0.3) is 0 Å². The van der Waals surface area contributed by atoms with E-state index in [2.05, 4.69) is 34.9 Å². The van der Waals surface area contributed by atoms with Crippen LogP contribution in [0.4, 0.5) is 0 Å². The van der Waals surface area contributed by atoms with Crippen LogP contribution in [0.1, 0.15) is 29.9 Å². The molecule has 2 atom stereocenters. The number of carbonyl (C=O) groups excluding carboxylic acids is 1. The average molecular weight is 311 g/mol. The van der Waals surface area contributed by atoms with Crippen LogP contribution in [0.3, 0.4) is 0 Å². The first kappa shape index (κ1) is 16.3.